The van der Waals surface area contributed by atoms with Crippen molar-refractivity contribution in [2.24, 2.45) is 5.10 Å². The smallest absolute Gasteiger partial charge is 0.264 e. The molecule has 0 saturated carbocycles. The van der Waals surface area contributed by atoms with Crippen LogP contribution in [0.1, 0.15) is 11.8 Å². The number of benzene rings is 1. The Balaban J connectivity index is 1.54. The summed E-state index contributed by atoms with van der Waals surface area (Å²) in [7, 11) is 0. The zero-order valence-corrected chi connectivity index (χ0v) is 15.9. The summed E-state index contributed by atoms with van der Waals surface area (Å²) >= 11 is 2.70. The summed E-state index contributed by atoms with van der Waals surface area (Å²) in [5.74, 6) is 5.63. The number of hydrogen-bond donors (Lipinski definition) is 3. The number of nitrogens with zero attached hydrogens (tertiary/aromatic N) is 4. The van der Waals surface area contributed by atoms with E-state index in [2.05, 4.69) is 26.0 Å². The predicted molar refractivity (Wildman–Crippen MR) is 106 cm³/mol. The van der Waals surface area contributed by atoms with E-state index in [1.165, 1.54) is 28.9 Å². The Morgan fingerprint density at radius 1 is 1.33 bits per heavy atom. The van der Waals surface area contributed by atoms with Crippen LogP contribution in [0.15, 0.2) is 52.0 Å². The molecule has 0 spiro atoms. The first-order valence-corrected chi connectivity index (χ1v) is 9.62. The molecular formula is C16H16FN7OS2. The van der Waals surface area contributed by atoms with Crippen molar-refractivity contribution in [3.63, 3.8) is 0 Å². The summed E-state index contributed by atoms with van der Waals surface area (Å²) in [6.07, 6.45) is 0. The number of amides is 1. The lowest BCUT2D eigenvalue weighted by molar-refractivity contribution is -0.113. The Morgan fingerprint density at radius 3 is 2.81 bits per heavy atom. The zero-order valence-electron chi connectivity index (χ0n) is 14.2. The third kappa shape index (κ3) is 5.05. The normalized spacial score (nSPS) is 11.4. The molecule has 4 N–H and O–H groups in total. The monoisotopic (exact) mass is 405 g/mol. The molecule has 0 aliphatic rings. The van der Waals surface area contributed by atoms with Crippen LogP contribution >= 0.6 is 23.1 Å². The first-order valence-electron chi connectivity index (χ1n) is 7.76. The van der Waals surface area contributed by atoms with Crippen molar-refractivity contribution in [2.45, 2.75) is 12.1 Å². The third-order valence-corrected chi connectivity index (χ3v) is 5.25. The maximum atomic E-state index is 12.9. The van der Waals surface area contributed by atoms with Gasteiger partial charge in [-0.05, 0) is 42.6 Å². The standard InChI is InChI=1S/C16H16FN7OS2/c1-10(13-3-2-8-26-13)20-21-15-22-23-16(24(15)18)27-9-14(25)19-12-6-4-11(17)5-7-12/h2-8H,9,18H2,1H3,(H,19,25)(H,21,22)/b20-10+. The number of nitrogen functional groups attached to an aromatic ring is 1. The van der Waals surface area contributed by atoms with E-state index in [-0.39, 0.29) is 23.4 Å². The van der Waals surface area contributed by atoms with Gasteiger partial charge in [-0.15, -0.1) is 21.5 Å². The minimum absolute atomic E-state index is 0.0736. The van der Waals surface area contributed by atoms with E-state index in [0.717, 1.165) is 22.4 Å². The number of carbonyl (C=O) groups is 1. The van der Waals surface area contributed by atoms with Gasteiger partial charge in [0.2, 0.25) is 11.1 Å². The molecule has 0 radical (unpaired) electrons. The molecule has 0 bridgehead atoms. The molecule has 1 amide bonds. The van der Waals surface area contributed by atoms with Crippen molar-refractivity contribution in [1.82, 2.24) is 14.9 Å². The van der Waals surface area contributed by atoms with Gasteiger partial charge in [-0.3, -0.25) is 4.79 Å². The minimum atomic E-state index is -0.365. The van der Waals surface area contributed by atoms with Crippen molar-refractivity contribution in [2.75, 3.05) is 22.3 Å². The highest BCUT2D eigenvalue weighted by atomic mass is 32.2. The number of rotatable bonds is 7. The first kappa shape index (κ1) is 18.9. The van der Waals surface area contributed by atoms with Gasteiger partial charge in [-0.2, -0.15) is 5.10 Å². The van der Waals surface area contributed by atoms with Crippen LogP contribution < -0.4 is 16.6 Å². The Hall–Kier alpha value is -2.92. The van der Waals surface area contributed by atoms with E-state index in [0.29, 0.717) is 10.8 Å². The van der Waals surface area contributed by atoms with E-state index in [4.69, 9.17) is 5.84 Å². The van der Waals surface area contributed by atoms with Gasteiger partial charge in [0, 0.05) is 10.6 Å². The fourth-order valence-corrected chi connectivity index (χ4v) is 3.32. The second-order valence-electron chi connectivity index (χ2n) is 5.31. The quantitative estimate of drug-likeness (QED) is 0.241. The Bertz CT molecular complexity index is 938. The van der Waals surface area contributed by atoms with E-state index >= 15 is 0 Å². The molecule has 0 aliphatic heterocycles. The summed E-state index contributed by atoms with van der Waals surface area (Å²) < 4.78 is 14.1. The lowest BCUT2D eigenvalue weighted by atomic mass is 10.3. The molecular weight excluding hydrogens is 389 g/mol. The molecule has 0 fully saturated rings. The number of aromatic nitrogens is 3. The second kappa shape index (κ2) is 8.64. The summed E-state index contributed by atoms with van der Waals surface area (Å²) in [4.78, 5) is 13.0. The molecule has 11 heteroatoms. The number of carbonyl (C=O) groups excluding carboxylic acids is 1. The summed E-state index contributed by atoms with van der Waals surface area (Å²) in [6, 6.07) is 9.42. The lowest BCUT2D eigenvalue weighted by Crippen LogP contribution is -2.17. The van der Waals surface area contributed by atoms with Gasteiger partial charge in [0.25, 0.3) is 5.95 Å². The van der Waals surface area contributed by atoms with Crippen LogP contribution in [0.3, 0.4) is 0 Å². The van der Waals surface area contributed by atoms with Crippen molar-refractivity contribution in [3.8, 4) is 0 Å². The van der Waals surface area contributed by atoms with Gasteiger partial charge in [-0.1, -0.05) is 17.8 Å². The van der Waals surface area contributed by atoms with Gasteiger partial charge >= 0.3 is 0 Å². The molecule has 2 aromatic heterocycles. The molecule has 0 unspecified atom stereocenters. The van der Waals surface area contributed by atoms with Gasteiger partial charge < -0.3 is 11.2 Å². The number of thioether (sulfide) groups is 1. The molecule has 3 aromatic rings. The summed E-state index contributed by atoms with van der Waals surface area (Å²) in [6.45, 7) is 1.87. The van der Waals surface area contributed by atoms with Crippen LogP contribution in [-0.2, 0) is 4.79 Å². The molecule has 27 heavy (non-hydrogen) atoms. The average molecular weight is 405 g/mol. The van der Waals surface area contributed by atoms with Crippen LogP contribution in [0.4, 0.5) is 16.0 Å². The number of nitrogens with two attached hydrogens (primary N) is 1. The Labute approximate surface area is 162 Å². The maximum absolute atomic E-state index is 12.9. The topological polar surface area (TPSA) is 110 Å². The number of halogens is 1. The molecule has 140 valence electrons. The number of hydrogen-bond acceptors (Lipinski definition) is 8. The predicted octanol–water partition coefficient (Wildman–Crippen LogP) is 2.76. The highest BCUT2D eigenvalue weighted by Gasteiger charge is 2.12. The number of hydrazone groups is 1. The van der Waals surface area contributed by atoms with E-state index in [9.17, 15) is 9.18 Å². The number of nitrogens with one attached hydrogen (secondary N) is 2. The van der Waals surface area contributed by atoms with Crippen LogP contribution in [-0.4, -0.2) is 32.2 Å². The van der Waals surface area contributed by atoms with Crippen LogP contribution in [0.25, 0.3) is 0 Å². The summed E-state index contributed by atoms with van der Waals surface area (Å²) in [5, 5.41) is 17.1. The molecule has 1 aromatic carbocycles. The van der Waals surface area contributed by atoms with Crippen LogP contribution in [0.5, 0.6) is 0 Å². The van der Waals surface area contributed by atoms with E-state index < -0.39 is 0 Å². The molecule has 0 atom stereocenters. The number of thiophene rings is 1. The summed E-state index contributed by atoms with van der Waals surface area (Å²) in [5.41, 5.74) is 4.07. The lowest BCUT2D eigenvalue weighted by Gasteiger charge is -2.05. The molecule has 8 nitrogen and oxygen atoms in total. The average Bonchev–Trinajstić information content (AvgIpc) is 3.31. The van der Waals surface area contributed by atoms with Crippen molar-refractivity contribution in [3.05, 3.63) is 52.5 Å². The largest absolute Gasteiger partial charge is 0.334 e. The van der Waals surface area contributed by atoms with Crippen molar-refractivity contribution >= 4 is 46.4 Å². The Morgan fingerprint density at radius 2 is 2.11 bits per heavy atom. The van der Waals surface area contributed by atoms with Gasteiger partial charge in [0.05, 0.1) is 11.5 Å². The third-order valence-electron chi connectivity index (χ3n) is 3.33. The molecule has 0 saturated heterocycles. The highest BCUT2D eigenvalue weighted by Crippen LogP contribution is 2.18. The highest BCUT2D eigenvalue weighted by molar-refractivity contribution is 7.99. The Kier molecular flexibility index (Phi) is 6.04. The zero-order chi connectivity index (χ0) is 19.2. The van der Waals surface area contributed by atoms with Gasteiger partial charge in [0.1, 0.15) is 5.82 Å². The van der Waals surface area contributed by atoms with E-state index in [1.807, 2.05) is 24.4 Å². The SMILES string of the molecule is C/C(=N\Nc1nnc(SCC(=O)Nc2ccc(F)cc2)n1N)c1cccs1. The molecule has 0 aliphatic carbocycles. The molecule has 2 heterocycles. The van der Waals surface area contributed by atoms with Crippen molar-refractivity contribution in [1.29, 1.82) is 0 Å². The van der Waals surface area contributed by atoms with E-state index in [1.54, 1.807) is 11.3 Å². The first-order chi connectivity index (χ1) is 13.0. The second-order valence-corrected chi connectivity index (χ2v) is 7.20. The maximum Gasteiger partial charge on any atom is 0.264 e. The van der Waals surface area contributed by atoms with Crippen LogP contribution in [0.2, 0.25) is 0 Å². The fraction of sp³-hybridized carbons (Fsp3) is 0.125. The van der Waals surface area contributed by atoms with Gasteiger partial charge in [0.15, 0.2) is 0 Å². The molecule has 3 rings (SSSR count). The van der Waals surface area contributed by atoms with Crippen molar-refractivity contribution < 1.29 is 9.18 Å². The van der Waals surface area contributed by atoms with Crippen LogP contribution in [0, 0.1) is 5.82 Å². The minimum Gasteiger partial charge on any atom is -0.334 e. The fourth-order valence-electron chi connectivity index (χ4n) is 1.99. The number of anilines is 2. The van der Waals surface area contributed by atoms with Gasteiger partial charge in [-0.25, -0.2) is 14.5 Å².